The molecule has 0 aliphatic carbocycles. The molecule has 3 aromatic rings. The van der Waals surface area contributed by atoms with E-state index < -0.39 is 10.0 Å². The van der Waals surface area contributed by atoms with Crippen LogP contribution < -0.4 is 4.72 Å². The summed E-state index contributed by atoms with van der Waals surface area (Å²) in [5.74, 6) is 0.0917. The molecule has 5 heteroatoms. The van der Waals surface area contributed by atoms with Crippen molar-refractivity contribution in [3.05, 3.63) is 89.2 Å². The topological polar surface area (TPSA) is 51.1 Å². The van der Waals surface area contributed by atoms with Gasteiger partial charge in [-0.3, -0.25) is 0 Å². The number of aromatic nitrogens is 1. The number of benzene rings is 2. The van der Waals surface area contributed by atoms with Crippen LogP contribution in [0, 0.1) is 13.8 Å². The van der Waals surface area contributed by atoms with Crippen molar-refractivity contribution in [3.8, 4) is 5.69 Å². The van der Waals surface area contributed by atoms with Crippen molar-refractivity contribution in [1.29, 1.82) is 0 Å². The summed E-state index contributed by atoms with van der Waals surface area (Å²) >= 11 is 0. The van der Waals surface area contributed by atoms with Crippen molar-refractivity contribution in [1.82, 2.24) is 9.29 Å². The highest BCUT2D eigenvalue weighted by molar-refractivity contribution is 7.89. The molecule has 26 heavy (non-hydrogen) atoms. The van der Waals surface area contributed by atoms with E-state index in [1.54, 1.807) is 0 Å². The van der Waals surface area contributed by atoms with Crippen molar-refractivity contribution in [2.75, 3.05) is 5.75 Å². The summed E-state index contributed by atoms with van der Waals surface area (Å²) in [5.41, 5.74) is 5.25. The van der Waals surface area contributed by atoms with Crippen molar-refractivity contribution in [2.24, 2.45) is 0 Å². The Kier molecular flexibility index (Phi) is 5.59. The Bertz CT molecular complexity index is 962. The number of aryl methyl sites for hydroxylation is 2. The zero-order chi connectivity index (χ0) is 18.6. The third-order valence-electron chi connectivity index (χ3n) is 4.54. The number of hydrogen-bond donors (Lipinski definition) is 1. The molecule has 136 valence electrons. The van der Waals surface area contributed by atoms with Gasteiger partial charge in [-0.2, -0.15) is 0 Å². The largest absolute Gasteiger partial charge is 0.318 e. The van der Waals surface area contributed by atoms with Crippen LogP contribution in [-0.2, 0) is 23.0 Å². The van der Waals surface area contributed by atoms with Gasteiger partial charge in [0.2, 0.25) is 10.0 Å². The lowest BCUT2D eigenvalue weighted by molar-refractivity contribution is 0.580. The Balaban J connectivity index is 1.68. The summed E-state index contributed by atoms with van der Waals surface area (Å²) in [6, 6.07) is 21.8. The van der Waals surface area contributed by atoms with E-state index in [0.29, 0.717) is 13.0 Å². The average Bonchev–Trinajstić information content (AvgIpc) is 2.94. The van der Waals surface area contributed by atoms with Gasteiger partial charge in [0.05, 0.1) is 5.75 Å². The van der Waals surface area contributed by atoms with Gasteiger partial charge in [-0.15, -0.1) is 0 Å². The van der Waals surface area contributed by atoms with Gasteiger partial charge in [-0.25, -0.2) is 13.1 Å². The van der Waals surface area contributed by atoms with Gasteiger partial charge in [0.15, 0.2) is 0 Å². The Morgan fingerprint density at radius 1 is 0.923 bits per heavy atom. The van der Waals surface area contributed by atoms with Crippen LogP contribution >= 0.6 is 0 Å². The molecule has 0 spiro atoms. The van der Waals surface area contributed by atoms with Gasteiger partial charge in [-0.05, 0) is 49.6 Å². The highest BCUT2D eigenvalue weighted by Crippen LogP contribution is 2.20. The van der Waals surface area contributed by atoms with E-state index in [4.69, 9.17) is 0 Å². The number of nitrogens with one attached hydrogen (secondary N) is 1. The number of para-hydroxylation sites is 1. The van der Waals surface area contributed by atoms with Crippen LogP contribution in [0.5, 0.6) is 0 Å². The standard InChI is InChI=1S/C21H24N2O2S/c1-17-15-20(18(2)23(17)21-11-7-4-8-12-21)16-22-26(24,25)14-13-19-9-5-3-6-10-19/h3-12,15,22H,13-14,16H2,1-2H3. The predicted molar refractivity (Wildman–Crippen MR) is 106 cm³/mol. The quantitative estimate of drug-likeness (QED) is 0.690. The maximum atomic E-state index is 12.3. The van der Waals surface area contributed by atoms with E-state index in [-0.39, 0.29) is 5.75 Å². The van der Waals surface area contributed by atoms with Crippen molar-refractivity contribution in [2.45, 2.75) is 26.8 Å². The minimum Gasteiger partial charge on any atom is -0.318 e. The fourth-order valence-electron chi connectivity index (χ4n) is 3.14. The van der Waals surface area contributed by atoms with E-state index in [1.807, 2.05) is 80.6 Å². The first-order chi connectivity index (χ1) is 12.5. The predicted octanol–water partition coefficient (Wildman–Crippen LogP) is 3.76. The van der Waals surface area contributed by atoms with Crippen molar-refractivity contribution < 1.29 is 8.42 Å². The molecule has 0 aliphatic heterocycles. The lowest BCUT2D eigenvalue weighted by Gasteiger charge is -2.10. The molecule has 0 unspecified atom stereocenters. The molecule has 0 atom stereocenters. The molecule has 0 saturated heterocycles. The Morgan fingerprint density at radius 3 is 2.19 bits per heavy atom. The zero-order valence-corrected chi connectivity index (χ0v) is 16.0. The van der Waals surface area contributed by atoms with E-state index in [2.05, 4.69) is 9.29 Å². The average molecular weight is 369 g/mol. The molecule has 0 aliphatic rings. The summed E-state index contributed by atoms with van der Waals surface area (Å²) in [5, 5.41) is 0. The minimum atomic E-state index is -3.32. The summed E-state index contributed by atoms with van der Waals surface area (Å²) in [7, 11) is -3.32. The maximum Gasteiger partial charge on any atom is 0.212 e. The molecule has 0 saturated carbocycles. The van der Waals surface area contributed by atoms with Crippen LogP contribution in [0.25, 0.3) is 5.69 Å². The van der Waals surface area contributed by atoms with Gasteiger partial charge in [0.25, 0.3) is 0 Å². The SMILES string of the molecule is Cc1cc(CNS(=O)(=O)CCc2ccccc2)c(C)n1-c1ccccc1. The highest BCUT2D eigenvalue weighted by atomic mass is 32.2. The molecule has 3 rings (SSSR count). The number of rotatable bonds is 7. The molecule has 1 aromatic heterocycles. The van der Waals surface area contributed by atoms with Gasteiger partial charge in [0.1, 0.15) is 0 Å². The summed E-state index contributed by atoms with van der Waals surface area (Å²) in [6.45, 7) is 4.37. The number of sulfonamides is 1. The molecule has 0 amide bonds. The normalized spacial score (nSPS) is 11.6. The van der Waals surface area contributed by atoms with Crippen molar-refractivity contribution >= 4 is 10.0 Å². The molecule has 0 bridgehead atoms. The molecule has 1 N–H and O–H groups in total. The van der Waals surface area contributed by atoms with Crippen LogP contribution in [0.2, 0.25) is 0 Å². The fraction of sp³-hybridized carbons (Fsp3) is 0.238. The molecule has 4 nitrogen and oxygen atoms in total. The first-order valence-corrected chi connectivity index (χ1v) is 10.4. The Hall–Kier alpha value is -2.37. The van der Waals surface area contributed by atoms with E-state index in [9.17, 15) is 8.42 Å². The lowest BCUT2D eigenvalue weighted by atomic mass is 10.2. The van der Waals surface area contributed by atoms with E-state index in [1.165, 1.54) is 0 Å². The Morgan fingerprint density at radius 2 is 1.54 bits per heavy atom. The van der Waals surface area contributed by atoms with Crippen molar-refractivity contribution in [3.63, 3.8) is 0 Å². The maximum absolute atomic E-state index is 12.3. The van der Waals surface area contributed by atoms with E-state index >= 15 is 0 Å². The molecule has 0 radical (unpaired) electrons. The van der Waals surface area contributed by atoms with Gasteiger partial charge in [-0.1, -0.05) is 48.5 Å². The molecule has 1 heterocycles. The monoisotopic (exact) mass is 368 g/mol. The second-order valence-corrected chi connectivity index (χ2v) is 8.37. The Labute approximate surface area is 155 Å². The van der Waals surface area contributed by atoms with Crippen LogP contribution in [0.3, 0.4) is 0 Å². The first-order valence-electron chi connectivity index (χ1n) is 8.71. The van der Waals surface area contributed by atoms with Gasteiger partial charge < -0.3 is 4.57 Å². The van der Waals surface area contributed by atoms with Gasteiger partial charge >= 0.3 is 0 Å². The molecular weight excluding hydrogens is 344 g/mol. The summed E-state index contributed by atoms with van der Waals surface area (Å²) < 4.78 is 29.5. The number of hydrogen-bond acceptors (Lipinski definition) is 2. The zero-order valence-electron chi connectivity index (χ0n) is 15.1. The third-order valence-corrected chi connectivity index (χ3v) is 5.86. The number of nitrogens with zero attached hydrogens (tertiary/aromatic N) is 1. The first kappa shape index (κ1) is 18.4. The van der Waals surface area contributed by atoms with Gasteiger partial charge in [0, 0.05) is 23.6 Å². The third kappa shape index (κ3) is 4.42. The fourth-order valence-corrected chi connectivity index (χ4v) is 4.16. The van der Waals surface area contributed by atoms with Crippen LogP contribution in [0.15, 0.2) is 66.7 Å². The van der Waals surface area contributed by atoms with Crippen LogP contribution in [-0.4, -0.2) is 18.7 Å². The smallest absolute Gasteiger partial charge is 0.212 e. The summed E-state index contributed by atoms with van der Waals surface area (Å²) in [6.07, 6.45) is 0.513. The van der Waals surface area contributed by atoms with Crippen LogP contribution in [0.1, 0.15) is 22.5 Å². The molecular formula is C21H24N2O2S. The second-order valence-electron chi connectivity index (χ2n) is 6.44. The highest BCUT2D eigenvalue weighted by Gasteiger charge is 2.14. The summed E-state index contributed by atoms with van der Waals surface area (Å²) in [4.78, 5) is 0. The molecule has 0 fully saturated rings. The lowest BCUT2D eigenvalue weighted by Crippen LogP contribution is -2.27. The van der Waals surface area contributed by atoms with Crippen LogP contribution in [0.4, 0.5) is 0 Å². The molecule has 2 aromatic carbocycles. The second kappa shape index (κ2) is 7.89. The van der Waals surface area contributed by atoms with E-state index in [0.717, 1.165) is 28.2 Å². The minimum absolute atomic E-state index is 0.0917.